The number of esters is 1. The summed E-state index contributed by atoms with van der Waals surface area (Å²) in [5.41, 5.74) is 0.0616. The summed E-state index contributed by atoms with van der Waals surface area (Å²) in [5, 5.41) is 0.185. The SMILES string of the molecule is CC(c1ccccc1C(F)(F)F)N(C)Cc1c(Cl)cc(Cl)c(=O)n1CCc1ccc(C(=O)OC(C)(C)C)cc1. The van der Waals surface area contributed by atoms with E-state index in [1.807, 2.05) is 0 Å². The van der Waals surface area contributed by atoms with Gasteiger partial charge in [-0.3, -0.25) is 9.69 Å². The highest BCUT2D eigenvalue weighted by atomic mass is 35.5. The number of hydrogen-bond acceptors (Lipinski definition) is 4. The maximum atomic E-state index is 13.6. The third-order valence-corrected chi connectivity index (χ3v) is 6.89. The summed E-state index contributed by atoms with van der Waals surface area (Å²) in [7, 11) is 1.67. The number of pyridine rings is 1. The van der Waals surface area contributed by atoms with Crippen LogP contribution in [0.1, 0.15) is 66.5 Å². The van der Waals surface area contributed by atoms with Crippen molar-refractivity contribution in [1.29, 1.82) is 0 Å². The van der Waals surface area contributed by atoms with Crippen LogP contribution in [0.2, 0.25) is 10.0 Å². The molecule has 0 radical (unpaired) electrons. The maximum Gasteiger partial charge on any atom is 0.416 e. The van der Waals surface area contributed by atoms with Gasteiger partial charge in [-0.05, 0) is 76.6 Å². The van der Waals surface area contributed by atoms with Crippen LogP contribution in [-0.4, -0.2) is 28.1 Å². The summed E-state index contributed by atoms with van der Waals surface area (Å²) >= 11 is 12.6. The zero-order valence-electron chi connectivity index (χ0n) is 22.4. The van der Waals surface area contributed by atoms with Crippen LogP contribution in [0.5, 0.6) is 0 Å². The lowest BCUT2D eigenvalue weighted by Gasteiger charge is -2.29. The standard InChI is InChI=1S/C29H31Cl2F3N2O3/c1-18(21-8-6-7-9-22(21)29(32,33)34)35(5)17-25-23(30)16-24(31)26(37)36(25)15-14-19-10-12-20(13-11-19)27(38)39-28(2,3)4/h6-13,16,18H,14-15,17H2,1-5H3. The molecule has 0 N–H and O–H groups in total. The Balaban J connectivity index is 1.83. The fourth-order valence-corrected chi connectivity index (χ4v) is 4.69. The molecule has 3 aromatic rings. The van der Waals surface area contributed by atoms with E-state index in [0.29, 0.717) is 17.7 Å². The summed E-state index contributed by atoms with van der Waals surface area (Å²) in [4.78, 5) is 27.0. The van der Waals surface area contributed by atoms with Gasteiger partial charge in [-0.25, -0.2) is 4.79 Å². The number of carbonyl (C=O) groups excluding carboxylic acids is 1. The maximum absolute atomic E-state index is 13.6. The number of rotatable bonds is 8. The Morgan fingerprint density at radius 2 is 1.64 bits per heavy atom. The Hall–Kier alpha value is -2.81. The molecule has 1 aromatic heterocycles. The first-order valence-corrected chi connectivity index (χ1v) is 13.1. The van der Waals surface area contributed by atoms with Gasteiger partial charge in [0.25, 0.3) is 5.56 Å². The molecule has 0 aliphatic heterocycles. The Kier molecular flexibility index (Phi) is 9.57. The minimum absolute atomic E-state index is 0.0536. The van der Waals surface area contributed by atoms with Gasteiger partial charge >= 0.3 is 12.1 Å². The van der Waals surface area contributed by atoms with E-state index in [-0.39, 0.29) is 28.7 Å². The molecule has 210 valence electrons. The van der Waals surface area contributed by atoms with Gasteiger partial charge in [0.1, 0.15) is 10.6 Å². The molecule has 5 nitrogen and oxygen atoms in total. The van der Waals surface area contributed by atoms with Gasteiger partial charge in [-0.15, -0.1) is 0 Å². The van der Waals surface area contributed by atoms with Crippen LogP contribution in [0, 0.1) is 0 Å². The quantitative estimate of drug-likeness (QED) is 0.257. The predicted molar refractivity (Wildman–Crippen MR) is 147 cm³/mol. The van der Waals surface area contributed by atoms with Gasteiger partial charge < -0.3 is 9.30 Å². The smallest absolute Gasteiger partial charge is 0.416 e. The normalized spacial score (nSPS) is 13.0. The number of hydrogen-bond donors (Lipinski definition) is 0. The molecule has 0 aliphatic carbocycles. The molecule has 0 bridgehead atoms. The number of carbonyl (C=O) groups is 1. The molecule has 0 spiro atoms. The second-order valence-corrected chi connectivity index (χ2v) is 11.2. The summed E-state index contributed by atoms with van der Waals surface area (Å²) in [6, 6.07) is 13.0. The van der Waals surface area contributed by atoms with Crippen LogP contribution in [0.25, 0.3) is 0 Å². The van der Waals surface area contributed by atoms with Crippen LogP contribution in [0.15, 0.2) is 59.4 Å². The van der Waals surface area contributed by atoms with Gasteiger partial charge in [0.2, 0.25) is 0 Å². The van der Waals surface area contributed by atoms with Gasteiger partial charge in [-0.1, -0.05) is 53.5 Å². The minimum atomic E-state index is -4.50. The topological polar surface area (TPSA) is 51.5 Å². The molecule has 1 unspecified atom stereocenters. The monoisotopic (exact) mass is 582 g/mol. The molecule has 10 heteroatoms. The lowest BCUT2D eigenvalue weighted by atomic mass is 10.00. The molecule has 2 aromatic carbocycles. The Bertz CT molecular complexity index is 1380. The highest BCUT2D eigenvalue weighted by Crippen LogP contribution is 2.36. The van der Waals surface area contributed by atoms with Crippen molar-refractivity contribution in [3.63, 3.8) is 0 Å². The van der Waals surface area contributed by atoms with E-state index in [1.54, 1.807) is 70.0 Å². The zero-order valence-corrected chi connectivity index (χ0v) is 23.9. The molecule has 1 heterocycles. The first-order valence-electron chi connectivity index (χ1n) is 12.3. The molecule has 0 saturated carbocycles. The van der Waals surface area contributed by atoms with Crippen molar-refractivity contribution in [2.24, 2.45) is 0 Å². The number of aryl methyl sites for hydroxylation is 1. The molecular weight excluding hydrogens is 552 g/mol. The van der Waals surface area contributed by atoms with Crippen LogP contribution in [0.3, 0.4) is 0 Å². The van der Waals surface area contributed by atoms with Crippen molar-refractivity contribution in [2.45, 2.75) is 65.0 Å². The largest absolute Gasteiger partial charge is 0.456 e. The highest BCUT2D eigenvalue weighted by Gasteiger charge is 2.35. The predicted octanol–water partition coefficient (Wildman–Crippen LogP) is 7.56. The number of nitrogens with zero attached hydrogens (tertiary/aromatic N) is 2. The number of ether oxygens (including phenoxy) is 1. The van der Waals surface area contributed by atoms with E-state index in [0.717, 1.165) is 11.6 Å². The van der Waals surface area contributed by atoms with E-state index in [1.165, 1.54) is 22.8 Å². The molecule has 3 rings (SSSR count). The average molecular weight is 583 g/mol. The van der Waals surface area contributed by atoms with Crippen molar-refractivity contribution in [3.05, 3.63) is 103 Å². The fourth-order valence-electron chi connectivity index (χ4n) is 4.15. The number of benzene rings is 2. The first kappa shape index (κ1) is 30.7. The lowest BCUT2D eigenvalue weighted by Crippen LogP contribution is -2.31. The third kappa shape index (κ3) is 7.87. The third-order valence-electron chi connectivity index (χ3n) is 6.29. The molecule has 1 atom stereocenters. The zero-order chi connectivity index (χ0) is 29.1. The van der Waals surface area contributed by atoms with Crippen LogP contribution >= 0.6 is 23.2 Å². The van der Waals surface area contributed by atoms with E-state index in [2.05, 4.69) is 0 Å². The van der Waals surface area contributed by atoms with Gasteiger partial charge in [0.15, 0.2) is 0 Å². The van der Waals surface area contributed by atoms with E-state index in [4.69, 9.17) is 27.9 Å². The first-order chi connectivity index (χ1) is 18.1. The van der Waals surface area contributed by atoms with Crippen LogP contribution < -0.4 is 5.56 Å². The Morgan fingerprint density at radius 1 is 1.03 bits per heavy atom. The van der Waals surface area contributed by atoms with Crippen LogP contribution in [-0.2, 0) is 30.4 Å². The molecule has 39 heavy (non-hydrogen) atoms. The average Bonchev–Trinajstić information content (AvgIpc) is 2.85. The van der Waals surface area contributed by atoms with Gasteiger partial charge in [0.05, 0.1) is 21.8 Å². The molecule has 0 amide bonds. The Morgan fingerprint density at radius 3 is 2.23 bits per heavy atom. The summed E-state index contributed by atoms with van der Waals surface area (Å²) in [6.07, 6.45) is -4.07. The molecule has 0 aliphatic rings. The second-order valence-electron chi connectivity index (χ2n) is 10.4. The van der Waals surface area contributed by atoms with E-state index in [9.17, 15) is 22.8 Å². The van der Waals surface area contributed by atoms with E-state index < -0.39 is 34.9 Å². The number of alkyl halides is 3. The highest BCUT2D eigenvalue weighted by molar-refractivity contribution is 6.34. The number of aromatic nitrogens is 1. The summed E-state index contributed by atoms with van der Waals surface area (Å²) in [5.74, 6) is -0.432. The van der Waals surface area contributed by atoms with Gasteiger partial charge in [0, 0.05) is 19.1 Å². The summed E-state index contributed by atoms with van der Waals surface area (Å²) in [6.45, 7) is 7.37. The van der Waals surface area contributed by atoms with Crippen LogP contribution in [0.4, 0.5) is 13.2 Å². The number of halogens is 5. The molecule has 0 fully saturated rings. The fraction of sp³-hybridized carbons (Fsp3) is 0.379. The molecule has 0 saturated heterocycles. The lowest BCUT2D eigenvalue weighted by molar-refractivity contribution is -0.138. The summed E-state index contributed by atoms with van der Waals surface area (Å²) < 4.78 is 47.6. The van der Waals surface area contributed by atoms with Crippen molar-refractivity contribution in [2.75, 3.05) is 7.05 Å². The van der Waals surface area contributed by atoms with E-state index >= 15 is 0 Å². The minimum Gasteiger partial charge on any atom is -0.456 e. The Labute approximate surface area is 236 Å². The second kappa shape index (κ2) is 12.1. The van der Waals surface area contributed by atoms with Crippen molar-refractivity contribution in [1.82, 2.24) is 9.47 Å². The van der Waals surface area contributed by atoms with Crippen molar-refractivity contribution in [3.8, 4) is 0 Å². The van der Waals surface area contributed by atoms with Crippen molar-refractivity contribution >= 4 is 29.2 Å². The molecular formula is C29H31Cl2F3N2O3. The van der Waals surface area contributed by atoms with Crippen molar-refractivity contribution < 1.29 is 22.7 Å². The van der Waals surface area contributed by atoms with Gasteiger partial charge in [-0.2, -0.15) is 13.2 Å².